The van der Waals surface area contributed by atoms with Crippen LogP contribution >= 0.6 is 0 Å². The number of hydrogen-bond acceptors (Lipinski definition) is 4. The average molecular weight is 326 g/mol. The molecule has 120 valence electrons. The second-order valence-electron chi connectivity index (χ2n) is 5.00. The summed E-state index contributed by atoms with van der Waals surface area (Å²) in [5.41, 5.74) is 0.899. The van der Waals surface area contributed by atoms with Gasteiger partial charge < -0.3 is 9.94 Å². The predicted molar refractivity (Wildman–Crippen MR) is 72.9 cm³/mol. The molecule has 1 atom stereocenters. The van der Waals surface area contributed by atoms with Crippen molar-refractivity contribution in [3.8, 4) is 11.3 Å². The molecule has 3 rings (SSSR count). The fraction of sp³-hybridized carbons (Fsp3) is 0.200. The number of aromatic nitrogens is 1. The molecule has 0 spiro atoms. The SMILES string of the molecule is OC1(C(F)(F)F)CC(c2ccc(-c3ncccc3F)cc2)=NO1. The molecule has 4 nitrogen and oxygen atoms in total. The summed E-state index contributed by atoms with van der Waals surface area (Å²) < 4.78 is 51.6. The first-order chi connectivity index (χ1) is 10.8. The molecule has 0 aliphatic carbocycles. The van der Waals surface area contributed by atoms with Crippen LogP contribution in [0, 0.1) is 5.82 Å². The summed E-state index contributed by atoms with van der Waals surface area (Å²) >= 11 is 0. The fourth-order valence-corrected chi connectivity index (χ4v) is 2.15. The van der Waals surface area contributed by atoms with E-state index in [0.717, 1.165) is 0 Å². The number of aliphatic hydroxyl groups is 1. The Balaban J connectivity index is 1.83. The van der Waals surface area contributed by atoms with Gasteiger partial charge in [0.15, 0.2) is 0 Å². The van der Waals surface area contributed by atoms with Gasteiger partial charge in [-0.3, -0.25) is 4.98 Å². The highest BCUT2D eigenvalue weighted by atomic mass is 19.4. The number of halogens is 4. The van der Waals surface area contributed by atoms with Crippen molar-refractivity contribution in [2.75, 3.05) is 0 Å². The maximum atomic E-state index is 13.6. The minimum Gasteiger partial charge on any atom is -0.350 e. The molecule has 23 heavy (non-hydrogen) atoms. The van der Waals surface area contributed by atoms with E-state index >= 15 is 0 Å². The van der Waals surface area contributed by atoms with Crippen molar-refractivity contribution in [2.24, 2.45) is 5.16 Å². The number of hydrogen-bond donors (Lipinski definition) is 1. The summed E-state index contributed by atoms with van der Waals surface area (Å²) in [4.78, 5) is 8.06. The first-order valence-electron chi connectivity index (χ1n) is 6.56. The van der Waals surface area contributed by atoms with Gasteiger partial charge in [0.25, 0.3) is 0 Å². The summed E-state index contributed by atoms with van der Waals surface area (Å²) in [6.07, 6.45) is -4.33. The number of rotatable bonds is 2. The van der Waals surface area contributed by atoms with Gasteiger partial charge in [-0.1, -0.05) is 29.4 Å². The van der Waals surface area contributed by atoms with E-state index in [4.69, 9.17) is 0 Å². The molecule has 1 N–H and O–H groups in total. The Morgan fingerprint density at radius 1 is 1.09 bits per heavy atom. The minimum atomic E-state index is -4.95. The molecule has 2 heterocycles. The van der Waals surface area contributed by atoms with Crippen LogP contribution in [0.2, 0.25) is 0 Å². The van der Waals surface area contributed by atoms with E-state index in [2.05, 4.69) is 15.0 Å². The Kier molecular flexibility index (Phi) is 3.56. The third-order valence-corrected chi connectivity index (χ3v) is 3.41. The zero-order chi connectivity index (χ0) is 16.7. The summed E-state index contributed by atoms with van der Waals surface area (Å²) in [5, 5.41) is 12.7. The van der Waals surface area contributed by atoms with Gasteiger partial charge >= 0.3 is 12.0 Å². The van der Waals surface area contributed by atoms with Crippen LogP contribution in [0.1, 0.15) is 12.0 Å². The second-order valence-corrected chi connectivity index (χ2v) is 5.00. The van der Waals surface area contributed by atoms with Crippen molar-refractivity contribution < 1.29 is 27.5 Å². The summed E-state index contributed by atoms with van der Waals surface area (Å²) in [6, 6.07) is 8.66. The van der Waals surface area contributed by atoms with Crippen LogP contribution in [0.3, 0.4) is 0 Å². The third-order valence-electron chi connectivity index (χ3n) is 3.41. The minimum absolute atomic E-state index is 0.0436. The Morgan fingerprint density at radius 2 is 1.74 bits per heavy atom. The molecular weight excluding hydrogens is 316 g/mol. The average Bonchev–Trinajstić information content (AvgIpc) is 2.92. The van der Waals surface area contributed by atoms with E-state index in [1.165, 1.54) is 42.6 Å². The van der Waals surface area contributed by atoms with E-state index in [1.54, 1.807) is 0 Å². The fourth-order valence-electron chi connectivity index (χ4n) is 2.15. The van der Waals surface area contributed by atoms with Gasteiger partial charge in [-0.05, 0) is 17.7 Å². The van der Waals surface area contributed by atoms with Crippen molar-refractivity contribution in [1.29, 1.82) is 0 Å². The summed E-state index contributed by atoms with van der Waals surface area (Å²) in [5.74, 6) is -3.82. The lowest BCUT2D eigenvalue weighted by atomic mass is 10.0. The van der Waals surface area contributed by atoms with Gasteiger partial charge in [0.2, 0.25) is 0 Å². The molecule has 8 heteroatoms. The quantitative estimate of drug-likeness (QED) is 0.862. The molecule has 0 radical (unpaired) electrons. The molecule has 1 aliphatic heterocycles. The Labute approximate surface area is 128 Å². The highest BCUT2D eigenvalue weighted by Gasteiger charge is 2.60. The zero-order valence-corrected chi connectivity index (χ0v) is 11.5. The van der Waals surface area contributed by atoms with Crippen molar-refractivity contribution >= 4 is 5.71 Å². The normalized spacial score (nSPS) is 21.0. The lowest BCUT2D eigenvalue weighted by molar-refractivity contribution is -0.355. The largest absolute Gasteiger partial charge is 0.458 e. The highest BCUT2D eigenvalue weighted by Crippen LogP contribution is 2.39. The lowest BCUT2D eigenvalue weighted by Crippen LogP contribution is -2.45. The standard InChI is InChI=1S/C15H10F4N2O2/c16-11-2-1-7-20-13(11)10-5-3-9(4-6-10)12-8-14(22,23-21-12)15(17,18)19/h1-7,22H,8H2. The molecule has 1 unspecified atom stereocenters. The van der Waals surface area contributed by atoms with E-state index in [-0.39, 0.29) is 11.4 Å². The predicted octanol–water partition coefficient (Wildman–Crippen LogP) is 3.26. The third kappa shape index (κ3) is 2.77. The molecule has 1 aromatic carbocycles. The Hall–Kier alpha value is -2.48. The monoisotopic (exact) mass is 326 g/mol. The Bertz CT molecular complexity index is 759. The van der Waals surface area contributed by atoms with Crippen molar-refractivity contribution in [1.82, 2.24) is 4.98 Å². The smallest absolute Gasteiger partial charge is 0.350 e. The van der Waals surface area contributed by atoms with Crippen LogP contribution < -0.4 is 0 Å². The lowest BCUT2D eigenvalue weighted by Gasteiger charge is -2.22. The van der Waals surface area contributed by atoms with Crippen LogP contribution in [0.25, 0.3) is 11.3 Å². The molecule has 0 saturated heterocycles. The van der Waals surface area contributed by atoms with Crippen LogP contribution in [-0.2, 0) is 4.84 Å². The van der Waals surface area contributed by atoms with E-state index in [9.17, 15) is 22.7 Å². The van der Waals surface area contributed by atoms with Gasteiger partial charge in [-0.15, -0.1) is 0 Å². The first-order valence-corrected chi connectivity index (χ1v) is 6.56. The molecule has 0 saturated carbocycles. The number of nitrogens with zero attached hydrogens (tertiary/aromatic N) is 2. The number of pyridine rings is 1. The zero-order valence-electron chi connectivity index (χ0n) is 11.5. The molecule has 1 aromatic heterocycles. The van der Waals surface area contributed by atoms with Crippen LogP contribution in [-0.4, -0.2) is 27.8 Å². The van der Waals surface area contributed by atoms with Crippen molar-refractivity contribution in [3.05, 3.63) is 54.0 Å². The second kappa shape index (κ2) is 5.31. The summed E-state index contributed by atoms with van der Waals surface area (Å²) in [6.45, 7) is 0. The molecule has 2 aromatic rings. The van der Waals surface area contributed by atoms with Gasteiger partial charge in [-0.25, -0.2) is 4.39 Å². The number of oxime groups is 1. The number of alkyl halides is 3. The van der Waals surface area contributed by atoms with Crippen LogP contribution in [0.5, 0.6) is 0 Å². The van der Waals surface area contributed by atoms with E-state index < -0.39 is 24.2 Å². The van der Waals surface area contributed by atoms with Gasteiger partial charge in [0, 0.05) is 11.8 Å². The molecule has 0 fully saturated rings. The van der Waals surface area contributed by atoms with Crippen LogP contribution in [0.4, 0.5) is 17.6 Å². The number of benzene rings is 1. The molecule has 1 aliphatic rings. The maximum Gasteiger partial charge on any atom is 0.458 e. The van der Waals surface area contributed by atoms with Gasteiger partial charge in [0.1, 0.15) is 11.5 Å². The maximum absolute atomic E-state index is 13.6. The van der Waals surface area contributed by atoms with Gasteiger partial charge in [0.05, 0.1) is 12.1 Å². The van der Waals surface area contributed by atoms with Gasteiger partial charge in [-0.2, -0.15) is 13.2 Å². The van der Waals surface area contributed by atoms with E-state index in [1.807, 2.05) is 0 Å². The highest BCUT2D eigenvalue weighted by molar-refractivity contribution is 6.01. The Morgan fingerprint density at radius 3 is 2.30 bits per heavy atom. The molecule has 0 bridgehead atoms. The first kappa shape index (κ1) is 15.4. The van der Waals surface area contributed by atoms with Crippen LogP contribution in [0.15, 0.2) is 47.8 Å². The topological polar surface area (TPSA) is 54.7 Å². The van der Waals surface area contributed by atoms with Crippen molar-refractivity contribution in [2.45, 2.75) is 18.4 Å². The summed E-state index contributed by atoms with van der Waals surface area (Å²) in [7, 11) is 0. The molecule has 0 amide bonds. The van der Waals surface area contributed by atoms with E-state index in [0.29, 0.717) is 11.1 Å². The van der Waals surface area contributed by atoms with Crippen molar-refractivity contribution in [3.63, 3.8) is 0 Å². The molecular formula is C15H10F4N2O2.